The lowest BCUT2D eigenvalue weighted by molar-refractivity contribution is 0.544. The second-order valence-electron chi connectivity index (χ2n) is 4.86. The van der Waals surface area contributed by atoms with Gasteiger partial charge >= 0.3 is 0 Å². The molecule has 1 atom stereocenters. The molecule has 20 heavy (non-hydrogen) atoms. The normalized spacial score (nSPS) is 12.4. The summed E-state index contributed by atoms with van der Waals surface area (Å²) < 4.78 is 13.7. The lowest BCUT2D eigenvalue weighted by atomic mass is 10.1. The maximum Gasteiger partial charge on any atom is 0.123 e. The third-order valence-corrected chi connectivity index (χ3v) is 4.33. The fourth-order valence-corrected chi connectivity index (χ4v) is 2.44. The summed E-state index contributed by atoms with van der Waals surface area (Å²) in [6.07, 6.45) is 0.866. The topological polar surface area (TPSA) is 12.0 Å². The largest absolute Gasteiger partial charge is 0.310 e. The molecule has 0 radical (unpaired) electrons. The molecule has 4 heteroatoms. The van der Waals surface area contributed by atoms with Crippen LogP contribution in [-0.4, -0.2) is 6.04 Å². The predicted molar refractivity (Wildman–Crippen MR) is 85.6 cm³/mol. The molecule has 2 aromatic rings. The van der Waals surface area contributed by atoms with E-state index in [-0.39, 0.29) is 5.82 Å². The lowest BCUT2D eigenvalue weighted by Crippen LogP contribution is -2.27. The fraction of sp³-hybridized carbons (Fsp3) is 0.250. The first-order valence-electron chi connectivity index (χ1n) is 6.46. The summed E-state index contributed by atoms with van der Waals surface area (Å²) in [6.45, 7) is 2.87. The van der Waals surface area contributed by atoms with Crippen molar-refractivity contribution < 1.29 is 4.39 Å². The first-order valence-corrected chi connectivity index (χ1v) is 7.63. The van der Waals surface area contributed by atoms with Crippen molar-refractivity contribution in [3.05, 3.63) is 68.9 Å². The maximum atomic E-state index is 12.8. The van der Waals surface area contributed by atoms with Gasteiger partial charge < -0.3 is 5.32 Å². The Bertz CT molecular complexity index is 571. The number of hydrogen-bond acceptors (Lipinski definition) is 1. The summed E-state index contributed by atoms with van der Waals surface area (Å²) in [5, 5.41) is 4.16. The van der Waals surface area contributed by atoms with Crippen molar-refractivity contribution in [1.29, 1.82) is 0 Å². The molecule has 1 unspecified atom stereocenters. The van der Waals surface area contributed by atoms with E-state index in [9.17, 15) is 4.39 Å². The number of benzene rings is 2. The van der Waals surface area contributed by atoms with Crippen LogP contribution in [-0.2, 0) is 13.0 Å². The lowest BCUT2D eigenvalue weighted by Gasteiger charge is -2.14. The Balaban J connectivity index is 1.86. The van der Waals surface area contributed by atoms with E-state index in [1.54, 1.807) is 0 Å². The smallest absolute Gasteiger partial charge is 0.123 e. The van der Waals surface area contributed by atoms with Crippen LogP contribution in [0, 0.1) is 5.82 Å². The average molecular weight is 357 g/mol. The summed E-state index contributed by atoms with van der Waals surface area (Å²) in [5.41, 5.74) is 2.27. The van der Waals surface area contributed by atoms with Crippen LogP contribution in [0.2, 0.25) is 5.02 Å². The van der Waals surface area contributed by atoms with Gasteiger partial charge in [-0.1, -0.05) is 29.8 Å². The highest BCUT2D eigenvalue weighted by Gasteiger charge is 2.05. The molecule has 2 aromatic carbocycles. The Morgan fingerprint density at radius 2 is 1.80 bits per heavy atom. The van der Waals surface area contributed by atoms with Crippen molar-refractivity contribution in [2.45, 2.75) is 25.9 Å². The summed E-state index contributed by atoms with van der Waals surface area (Å²) in [6, 6.07) is 12.9. The summed E-state index contributed by atoms with van der Waals surface area (Å²) in [4.78, 5) is 0. The van der Waals surface area contributed by atoms with E-state index in [1.807, 2.05) is 30.3 Å². The molecule has 1 nitrogen and oxygen atoms in total. The molecule has 0 bridgehead atoms. The molecule has 0 aliphatic rings. The highest BCUT2D eigenvalue weighted by Crippen LogP contribution is 2.23. The Labute approximate surface area is 132 Å². The molecule has 0 spiro atoms. The SMILES string of the molecule is CC(Cc1ccc(F)cc1)NCc1ccc(Br)c(Cl)c1. The maximum absolute atomic E-state index is 12.8. The number of nitrogens with one attached hydrogen (secondary N) is 1. The van der Waals surface area contributed by atoms with Gasteiger partial charge in [-0.25, -0.2) is 4.39 Å². The van der Waals surface area contributed by atoms with E-state index in [1.165, 1.54) is 12.1 Å². The number of rotatable bonds is 5. The molecule has 0 amide bonds. The van der Waals surface area contributed by atoms with Gasteiger partial charge in [0.15, 0.2) is 0 Å². The van der Waals surface area contributed by atoms with Crippen molar-refractivity contribution in [3.8, 4) is 0 Å². The van der Waals surface area contributed by atoms with Gasteiger partial charge in [0.05, 0.1) is 5.02 Å². The monoisotopic (exact) mass is 355 g/mol. The highest BCUT2D eigenvalue weighted by atomic mass is 79.9. The molecular formula is C16H16BrClFN. The van der Waals surface area contributed by atoms with Gasteiger partial charge in [0.25, 0.3) is 0 Å². The zero-order valence-electron chi connectivity index (χ0n) is 11.2. The van der Waals surface area contributed by atoms with Gasteiger partial charge in [-0.2, -0.15) is 0 Å². The second-order valence-corrected chi connectivity index (χ2v) is 6.12. The molecule has 0 saturated carbocycles. The van der Waals surface area contributed by atoms with Gasteiger partial charge in [-0.05, 0) is 64.7 Å². The molecule has 0 aliphatic carbocycles. The number of hydrogen-bond donors (Lipinski definition) is 1. The Kier molecular flexibility index (Phi) is 5.58. The molecular weight excluding hydrogens is 341 g/mol. The minimum Gasteiger partial charge on any atom is -0.310 e. The van der Waals surface area contributed by atoms with Crippen LogP contribution in [0.4, 0.5) is 4.39 Å². The van der Waals surface area contributed by atoms with E-state index in [4.69, 9.17) is 11.6 Å². The van der Waals surface area contributed by atoms with Gasteiger partial charge in [0.2, 0.25) is 0 Å². The van der Waals surface area contributed by atoms with E-state index in [0.29, 0.717) is 6.04 Å². The van der Waals surface area contributed by atoms with E-state index >= 15 is 0 Å². The van der Waals surface area contributed by atoms with Crippen LogP contribution in [0.25, 0.3) is 0 Å². The van der Waals surface area contributed by atoms with Gasteiger partial charge in [0.1, 0.15) is 5.82 Å². The third kappa shape index (κ3) is 4.58. The van der Waals surface area contributed by atoms with Crippen molar-refractivity contribution in [3.63, 3.8) is 0 Å². The zero-order valence-corrected chi connectivity index (χ0v) is 13.5. The molecule has 0 aromatic heterocycles. The van der Waals surface area contributed by atoms with Crippen LogP contribution in [0.15, 0.2) is 46.9 Å². The molecule has 106 valence electrons. The van der Waals surface area contributed by atoms with Crippen LogP contribution in [0.3, 0.4) is 0 Å². The molecule has 0 fully saturated rings. The Morgan fingerprint density at radius 1 is 1.15 bits per heavy atom. The van der Waals surface area contributed by atoms with E-state index in [0.717, 1.165) is 33.6 Å². The molecule has 2 rings (SSSR count). The van der Waals surface area contributed by atoms with Gasteiger partial charge in [-0.15, -0.1) is 0 Å². The predicted octanol–water partition coefficient (Wildman–Crippen LogP) is 4.96. The van der Waals surface area contributed by atoms with E-state index in [2.05, 4.69) is 28.2 Å². The summed E-state index contributed by atoms with van der Waals surface area (Å²) in [7, 11) is 0. The second kappa shape index (κ2) is 7.21. The zero-order chi connectivity index (χ0) is 14.5. The first kappa shape index (κ1) is 15.5. The molecule has 0 saturated heterocycles. The standard InChI is InChI=1S/C16H16BrClFN/c1-11(8-12-2-5-14(19)6-3-12)20-10-13-4-7-15(17)16(18)9-13/h2-7,9,11,20H,8,10H2,1H3. The van der Waals surface area contributed by atoms with Crippen molar-refractivity contribution in [2.24, 2.45) is 0 Å². The van der Waals surface area contributed by atoms with Crippen molar-refractivity contribution >= 4 is 27.5 Å². The van der Waals surface area contributed by atoms with Crippen molar-refractivity contribution in [2.75, 3.05) is 0 Å². The van der Waals surface area contributed by atoms with Crippen LogP contribution < -0.4 is 5.32 Å². The Morgan fingerprint density at radius 3 is 2.45 bits per heavy atom. The molecule has 0 heterocycles. The average Bonchev–Trinajstić information content (AvgIpc) is 2.43. The Hall–Kier alpha value is -0.900. The third-order valence-electron chi connectivity index (χ3n) is 3.09. The van der Waals surface area contributed by atoms with Gasteiger partial charge in [-0.3, -0.25) is 0 Å². The van der Waals surface area contributed by atoms with Gasteiger partial charge in [0, 0.05) is 17.1 Å². The van der Waals surface area contributed by atoms with Crippen molar-refractivity contribution in [1.82, 2.24) is 5.32 Å². The van der Waals surface area contributed by atoms with Crippen LogP contribution >= 0.6 is 27.5 Å². The number of halogens is 3. The van der Waals surface area contributed by atoms with Crippen LogP contribution in [0.1, 0.15) is 18.1 Å². The minimum atomic E-state index is -0.195. The van der Waals surface area contributed by atoms with E-state index < -0.39 is 0 Å². The summed E-state index contributed by atoms with van der Waals surface area (Å²) >= 11 is 9.44. The van der Waals surface area contributed by atoms with Crippen LogP contribution in [0.5, 0.6) is 0 Å². The minimum absolute atomic E-state index is 0.195. The highest BCUT2D eigenvalue weighted by molar-refractivity contribution is 9.10. The quantitative estimate of drug-likeness (QED) is 0.798. The molecule has 1 N–H and O–H groups in total. The summed E-state index contributed by atoms with van der Waals surface area (Å²) in [5.74, 6) is -0.195. The molecule has 0 aliphatic heterocycles. The fourth-order valence-electron chi connectivity index (χ4n) is 1.99. The first-order chi connectivity index (χ1) is 9.54.